The van der Waals surface area contributed by atoms with Crippen LogP contribution in [0.1, 0.15) is 401 Å². The third kappa shape index (κ3) is 67.9. The molecule has 0 aliphatic rings. The molecule has 0 spiro atoms. The molecule has 4 unspecified atom stereocenters. The van der Waals surface area contributed by atoms with E-state index in [9.17, 15) is 43.2 Å². The fourth-order valence-corrected chi connectivity index (χ4v) is 13.3. The zero-order valence-electron chi connectivity index (χ0n) is 62.7. The SMILES string of the molecule is CCCCCCCCCC(=O)O[C@H](COC(=O)CCCCCCC)COP(=O)(O)OC[C@H](O)COP(=O)(O)OC[C@@H](COC(=O)CCCCCCCCCCCCCCCCCCCCC(C)CC)OC(=O)CCCCCCCCCCCCCCCCCCCCC(C)CC. The average molecular weight is 1410 g/mol. The van der Waals surface area contributed by atoms with E-state index in [0.29, 0.717) is 25.7 Å². The van der Waals surface area contributed by atoms with Gasteiger partial charge in [0.2, 0.25) is 0 Å². The summed E-state index contributed by atoms with van der Waals surface area (Å²) in [6.45, 7) is 9.59. The Morgan fingerprint density at radius 2 is 0.500 bits per heavy atom. The van der Waals surface area contributed by atoms with Crippen molar-refractivity contribution in [3.63, 3.8) is 0 Å². The average Bonchev–Trinajstić information content (AvgIpc) is 1.47. The molecule has 0 aromatic carbocycles. The molecule has 0 aliphatic heterocycles. The lowest BCUT2D eigenvalue weighted by Crippen LogP contribution is -2.30. The van der Waals surface area contributed by atoms with E-state index in [1.807, 2.05) is 0 Å². The highest BCUT2D eigenvalue weighted by molar-refractivity contribution is 7.47. The quantitative estimate of drug-likeness (QED) is 0.0222. The molecule has 0 heterocycles. The van der Waals surface area contributed by atoms with Gasteiger partial charge in [0.25, 0.3) is 0 Å². The number of rotatable bonds is 76. The molecule has 0 rings (SSSR count). The van der Waals surface area contributed by atoms with Crippen LogP contribution in [0.15, 0.2) is 0 Å². The van der Waals surface area contributed by atoms with Crippen molar-refractivity contribution in [1.82, 2.24) is 0 Å². The van der Waals surface area contributed by atoms with E-state index >= 15 is 0 Å². The summed E-state index contributed by atoms with van der Waals surface area (Å²) in [6.07, 6.45) is 57.7. The van der Waals surface area contributed by atoms with Crippen molar-refractivity contribution in [2.45, 2.75) is 419 Å². The second kappa shape index (κ2) is 68.8. The predicted octanol–water partition coefficient (Wildman–Crippen LogP) is 22.7. The van der Waals surface area contributed by atoms with Crippen LogP contribution in [0.3, 0.4) is 0 Å². The second-order valence-electron chi connectivity index (χ2n) is 28.2. The van der Waals surface area contributed by atoms with Crippen molar-refractivity contribution in [1.29, 1.82) is 0 Å². The Kier molecular flexibility index (Phi) is 67.4. The third-order valence-electron chi connectivity index (χ3n) is 18.7. The van der Waals surface area contributed by atoms with E-state index in [1.165, 1.54) is 199 Å². The Bertz CT molecular complexity index is 1860. The number of hydrogen-bond donors (Lipinski definition) is 3. The number of aliphatic hydroxyl groups excluding tert-OH is 1. The van der Waals surface area contributed by atoms with Crippen LogP contribution in [-0.2, 0) is 65.4 Å². The molecule has 0 saturated carbocycles. The normalized spacial score (nSPS) is 14.6. The Labute approximate surface area is 588 Å². The van der Waals surface area contributed by atoms with Crippen LogP contribution in [0.5, 0.6) is 0 Å². The molecule has 0 radical (unpaired) electrons. The van der Waals surface area contributed by atoms with E-state index in [2.05, 4.69) is 41.5 Å². The summed E-state index contributed by atoms with van der Waals surface area (Å²) in [7, 11) is -9.89. The van der Waals surface area contributed by atoms with Gasteiger partial charge in [0.1, 0.15) is 19.3 Å². The minimum absolute atomic E-state index is 0.103. The topological polar surface area (TPSA) is 237 Å². The lowest BCUT2D eigenvalue weighted by molar-refractivity contribution is -0.161. The van der Waals surface area contributed by atoms with Crippen LogP contribution in [0.2, 0.25) is 0 Å². The lowest BCUT2D eigenvalue weighted by atomic mass is 9.99. The zero-order valence-corrected chi connectivity index (χ0v) is 64.5. The molecule has 0 bridgehead atoms. The van der Waals surface area contributed by atoms with Gasteiger partial charge >= 0.3 is 39.5 Å². The molecule has 0 amide bonds. The molecule has 0 aromatic heterocycles. The molecule has 19 heteroatoms. The molecule has 0 fully saturated rings. The van der Waals surface area contributed by atoms with Crippen LogP contribution in [0.25, 0.3) is 0 Å². The molecule has 3 N–H and O–H groups in total. The monoisotopic (exact) mass is 1410 g/mol. The Morgan fingerprint density at radius 3 is 0.740 bits per heavy atom. The largest absolute Gasteiger partial charge is 0.472 e. The van der Waals surface area contributed by atoms with E-state index in [1.54, 1.807) is 0 Å². The van der Waals surface area contributed by atoms with Crippen LogP contribution < -0.4 is 0 Å². The zero-order chi connectivity index (χ0) is 70.7. The van der Waals surface area contributed by atoms with Crippen LogP contribution in [0.4, 0.5) is 0 Å². The summed E-state index contributed by atoms with van der Waals surface area (Å²) in [6, 6.07) is 0. The highest BCUT2D eigenvalue weighted by Gasteiger charge is 2.30. The molecule has 0 aliphatic carbocycles. The van der Waals surface area contributed by atoms with Gasteiger partial charge in [-0.25, -0.2) is 9.13 Å². The highest BCUT2D eigenvalue weighted by atomic mass is 31.2. The van der Waals surface area contributed by atoms with Gasteiger partial charge in [-0.05, 0) is 37.5 Å². The molecule has 570 valence electrons. The summed E-state index contributed by atoms with van der Waals surface area (Å²) in [4.78, 5) is 72.3. The van der Waals surface area contributed by atoms with Crippen LogP contribution in [-0.4, -0.2) is 96.7 Å². The molecule has 7 atom stereocenters. The number of carbonyl (C=O) groups is 4. The summed E-state index contributed by atoms with van der Waals surface area (Å²) < 4.78 is 68.1. The smallest absolute Gasteiger partial charge is 0.462 e. The Balaban J connectivity index is 5.04. The first kappa shape index (κ1) is 94.1. The fraction of sp³-hybridized carbons (Fsp3) is 0.948. The van der Waals surface area contributed by atoms with Crippen molar-refractivity contribution in [2.24, 2.45) is 11.8 Å². The number of hydrogen-bond acceptors (Lipinski definition) is 15. The number of ether oxygens (including phenoxy) is 4. The number of phosphoric acid groups is 2. The van der Waals surface area contributed by atoms with Gasteiger partial charge < -0.3 is 33.8 Å². The standard InChI is InChI=1S/C77H150O17P2/c1-7-11-13-15-40-49-55-61-76(81)93-72(65-87-74(79)59-53-45-14-12-8-2)67-91-95(83,84)89-63-71(78)64-90-96(85,86)92-68-73(94-77(82)62-56-50-44-39-35-31-27-23-19-17-21-25-29-33-37-42-47-52-58-70(6)10-4)66-88-75(80)60-54-48-43-38-34-30-26-22-18-16-20-24-28-32-36-41-46-51-57-69(5)9-3/h69-73,78H,7-68H2,1-6H3,(H,83,84)(H,85,86)/t69?,70?,71-,72+,73+/m0/s1. The highest BCUT2D eigenvalue weighted by Crippen LogP contribution is 2.45. The molecular weight excluding hydrogens is 1260 g/mol. The van der Waals surface area contributed by atoms with Gasteiger partial charge in [-0.3, -0.25) is 37.3 Å². The molecular formula is C77H150O17P2. The molecule has 0 saturated heterocycles. The van der Waals surface area contributed by atoms with Gasteiger partial charge in [0.15, 0.2) is 12.2 Å². The second-order valence-corrected chi connectivity index (χ2v) is 31.1. The Morgan fingerprint density at radius 1 is 0.292 bits per heavy atom. The van der Waals surface area contributed by atoms with Crippen molar-refractivity contribution >= 4 is 39.5 Å². The first-order valence-corrected chi connectivity index (χ1v) is 43.1. The van der Waals surface area contributed by atoms with Gasteiger partial charge in [0.05, 0.1) is 26.4 Å². The maximum atomic E-state index is 13.1. The van der Waals surface area contributed by atoms with E-state index < -0.39 is 97.5 Å². The number of unbranched alkanes of at least 4 members (excludes halogenated alkanes) is 44. The number of esters is 4. The lowest BCUT2D eigenvalue weighted by Gasteiger charge is -2.21. The minimum atomic E-state index is -4.95. The van der Waals surface area contributed by atoms with Crippen LogP contribution in [0, 0.1) is 11.8 Å². The van der Waals surface area contributed by atoms with Gasteiger partial charge in [-0.2, -0.15) is 0 Å². The maximum absolute atomic E-state index is 13.1. The van der Waals surface area contributed by atoms with Crippen LogP contribution >= 0.6 is 15.6 Å². The van der Waals surface area contributed by atoms with Crippen molar-refractivity contribution in [3.05, 3.63) is 0 Å². The van der Waals surface area contributed by atoms with Gasteiger partial charge in [-0.15, -0.1) is 0 Å². The van der Waals surface area contributed by atoms with E-state index in [0.717, 1.165) is 121 Å². The number of aliphatic hydroxyl groups is 1. The Hall–Kier alpha value is -1.94. The fourth-order valence-electron chi connectivity index (χ4n) is 11.8. The predicted molar refractivity (Wildman–Crippen MR) is 391 cm³/mol. The third-order valence-corrected chi connectivity index (χ3v) is 20.6. The van der Waals surface area contributed by atoms with E-state index in [4.69, 9.17) is 37.0 Å². The molecule has 0 aromatic rings. The number of phosphoric ester groups is 2. The minimum Gasteiger partial charge on any atom is -0.462 e. The first-order valence-electron chi connectivity index (χ1n) is 40.1. The first-order chi connectivity index (χ1) is 46.4. The summed E-state index contributed by atoms with van der Waals surface area (Å²) in [5.41, 5.74) is 0. The number of carbonyl (C=O) groups excluding carboxylic acids is 4. The van der Waals surface area contributed by atoms with Gasteiger partial charge in [-0.1, -0.05) is 350 Å². The molecule has 17 nitrogen and oxygen atoms in total. The van der Waals surface area contributed by atoms with Crippen molar-refractivity contribution < 1.29 is 80.2 Å². The maximum Gasteiger partial charge on any atom is 0.472 e. The summed E-state index contributed by atoms with van der Waals surface area (Å²) in [5, 5.41) is 10.6. The summed E-state index contributed by atoms with van der Waals surface area (Å²) >= 11 is 0. The molecule has 96 heavy (non-hydrogen) atoms. The van der Waals surface area contributed by atoms with Gasteiger partial charge in [0, 0.05) is 25.7 Å². The van der Waals surface area contributed by atoms with E-state index in [-0.39, 0.29) is 25.7 Å². The summed E-state index contributed by atoms with van der Waals surface area (Å²) in [5.74, 6) is -0.388. The van der Waals surface area contributed by atoms with Crippen molar-refractivity contribution in [3.8, 4) is 0 Å². The van der Waals surface area contributed by atoms with Crippen molar-refractivity contribution in [2.75, 3.05) is 39.6 Å².